The topological polar surface area (TPSA) is 109 Å². The van der Waals surface area contributed by atoms with Crippen LogP contribution in [0, 0.1) is 11.3 Å². The number of aromatic nitrogens is 2. The molecule has 0 saturated heterocycles. The predicted molar refractivity (Wildman–Crippen MR) is 102 cm³/mol. The van der Waals surface area contributed by atoms with E-state index in [9.17, 15) is 10.1 Å². The highest BCUT2D eigenvalue weighted by molar-refractivity contribution is 6.03. The van der Waals surface area contributed by atoms with Gasteiger partial charge < -0.3 is 20.1 Å². The maximum atomic E-state index is 12.6. The second-order valence-electron chi connectivity index (χ2n) is 5.86. The first-order valence-electron chi connectivity index (χ1n) is 8.53. The van der Waals surface area contributed by atoms with Crippen LogP contribution in [0.5, 0.6) is 11.5 Å². The van der Waals surface area contributed by atoms with Crippen LogP contribution in [0.4, 0.5) is 17.3 Å². The van der Waals surface area contributed by atoms with Crippen LogP contribution >= 0.6 is 0 Å². The molecular weight excluding hydrogens is 358 g/mol. The van der Waals surface area contributed by atoms with Crippen LogP contribution in [0.15, 0.2) is 54.7 Å². The van der Waals surface area contributed by atoms with E-state index in [-0.39, 0.29) is 11.6 Å². The van der Waals surface area contributed by atoms with E-state index in [1.165, 1.54) is 12.3 Å². The standard InChI is InChI=1S/C20H15N5O3/c21-12-13-3-1-2-4-15(13)24-20-22-8-7-16(25-20)19(26)23-14-5-6-17-18(11-14)28-10-9-27-17/h1-8,11H,9-10H2,(H,23,26)(H,22,24,25). The van der Waals surface area contributed by atoms with Crippen molar-refractivity contribution in [3.63, 3.8) is 0 Å². The third kappa shape index (κ3) is 3.68. The number of amides is 1. The van der Waals surface area contributed by atoms with E-state index in [1.807, 2.05) is 0 Å². The van der Waals surface area contributed by atoms with Crippen molar-refractivity contribution in [2.75, 3.05) is 23.8 Å². The molecule has 2 heterocycles. The lowest BCUT2D eigenvalue weighted by Gasteiger charge is -2.19. The van der Waals surface area contributed by atoms with Crippen LogP contribution in [0.3, 0.4) is 0 Å². The lowest BCUT2D eigenvalue weighted by atomic mass is 10.2. The highest BCUT2D eigenvalue weighted by Gasteiger charge is 2.14. The van der Waals surface area contributed by atoms with Gasteiger partial charge >= 0.3 is 0 Å². The smallest absolute Gasteiger partial charge is 0.274 e. The van der Waals surface area contributed by atoms with Gasteiger partial charge in [0.05, 0.1) is 11.3 Å². The number of nitrogens with zero attached hydrogens (tertiary/aromatic N) is 3. The molecule has 0 bridgehead atoms. The van der Waals surface area contributed by atoms with E-state index in [1.54, 1.807) is 42.5 Å². The second-order valence-corrected chi connectivity index (χ2v) is 5.86. The molecule has 1 aliphatic rings. The number of fused-ring (bicyclic) bond motifs is 1. The van der Waals surface area contributed by atoms with Crippen molar-refractivity contribution in [1.29, 1.82) is 5.26 Å². The molecule has 0 unspecified atom stereocenters. The fourth-order valence-corrected chi connectivity index (χ4v) is 2.67. The van der Waals surface area contributed by atoms with Gasteiger partial charge in [0, 0.05) is 18.0 Å². The molecule has 0 aliphatic carbocycles. The van der Waals surface area contributed by atoms with Gasteiger partial charge in [-0.3, -0.25) is 4.79 Å². The van der Waals surface area contributed by atoms with Crippen LogP contribution in [-0.2, 0) is 0 Å². The third-order valence-corrected chi connectivity index (χ3v) is 3.98. The van der Waals surface area contributed by atoms with Gasteiger partial charge in [-0.2, -0.15) is 5.26 Å². The summed E-state index contributed by atoms with van der Waals surface area (Å²) in [6.45, 7) is 0.972. The summed E-state index contributed by atoms with van der Waals surface area (Å²) in [4.78, 5) is 20.9. The molecule has 0 spiro atoms. The zero-order valence-electron chi connectivity index (χ0n) is 14.7. The van der Waals surface area contributed by atoms with Crippen molar-refractivity contribution in [3.8, 4) is 17.6 Å². The van der Waals surface area contributed by atoms with Crippen LogP contribution in [0.25, 0.3) is 0 Å². The Morgan fingerprint density at radius 3 is 2.75 bits per heavy atom. The molecule has 4 rings (SSSR count). The van der Waals surface area contributed by atoms with Gasteiger partial charge in [0.1, 0.15) is 25.0 Å². The summed E-state index contributed by atoms with van der Waals surface area (Å²) in [5.41, 5.74) is 1.77. The average molecular weight is 373 g/mol. The summed E-state index contributed by atoms with van der Waals surface area (Å²) in [6, 6.07) is 15.8. The summed E-state index contributed by atoms with van der Waals surface area (Å²) in [7, 11) is 0. The average Bonchev–Trinajstić information content (AvgIpc) is 2.74. The molecule has 1 aromatic heterocycles. The largest absolute Gasteiger partial charge is 0.486 e. The minimum Gasteiger partial charge on any atom is -0.486 e. The van der Waals surface area contributed by atoms with Crippen molar-refractivity contribution < 1.29 is 14.3 Å². The normalized spacial score (nSPS) is 12.0. The van der Waals surface area contributed by atoms with Crippen LogP contribution in [-0.4, -0.2) is 29.1 Å². The maximum absolute atomic E-state index is 12.6. The number of nitrogens with one attached hydrogen (secondary N) is 2. The minimum atomic E-state index is -0.393. The van der Waals surface area contributed by atoms with Gasteiger partial charge in [-0.05, 0) is 30.3 Å². The molecule has 2 aromatic carbocycles. The maximum Gasteiger partial charge on any atom is 0.274 e. The number of hydrogen-bond donors (Lipinski definition) is 2. The van der Waals surface area contributed by atoms with Gasteiger partial charge in [0.25, 0.3) is 5.91 Å². The van der Waals surface area contributed by atoms with Crippen LogP contribution in [0.1, 0.15) is 16.1 Å². The summed E-state index contributed by atoms with van der Waals surface area (Å²) < 4.78 is 11.0. The third-order valence-electron chi connectivity index (χ3n) is 3.98. The monoisotopic (exact) mass is 373 g/mol. The lowest BCUT2D eigenvalue weighted by molar-refractivity contribution is 0.102. The number of rotatable bonds is 4. The number of ether oxygens (including phenoxy) is 2. The zero-order valence-corrected chi connectivity index (χ0v) is 14.7. The first kappa shape index (κ1) is 17.3. The van der Waals surface area contributed by atoms with E-state index >= 15 is 0 Å². The molecule has 0 fully saturated rings. The molecular formula is C20H15N5O3. The highest BCUT2D eigenvalue weighted by atomic mass is 16.6. The quantitative estimate of drug-likeness (QED) is 0.723. The number of hydrogen-bond acceptors (Lipinski definition) is 7. The molecule has 1 amide bonds. The number of benzene rings is 2. The molecule has 1 aliphatic heterocycles. The van der Waals surface area contributed by atoms with Crippen molar-refractivity contribution in [2.24, 2.45) is 0 Å². The van der Waals surface area contributed by atoms with Gasteiger partial charge in [-0.1, -0.05) is 12.1 Å². The van der Waals surface area contributed by atoms with Gasteiger partial charge in [0.15, 0.2) is 11.5 Å². The van der Waals surface area contributed by atoms with E-state index in [0.29, 0.717) is 41.7 Å². The molecule has 8 heteroatoms. The summed E-state index contributed by atoms with van der Waals surface area (Å²) in [5.74, 6) is 1.06. The Balaban J connectivity index is 1.51. The Morgan fingerprint density at radius 2 is 1.89 bits per heavy atom. The summed E-state index contributed by atoms with van der Waals surface area (Å²) in [5, 5.41) is 14.9. The van der Waals surface area contributed by atoms with E-state index < -0.39 is 5.91 Å². The Hall–Kier alpha value is -4.12. The minimum absolute atomic E-state index is 0.182. The van der Waals surface area contributed by atoms with Crippen LogP contribution < -0.4 is 20.1 Å². The SMILES string of the molecule is N#Cc1ccccc1Nc1nccc(C(=O)Nc2ccc3c(c2)OCCO3)n1. The first-order valence-corrected chi connectivity index (χ1v) is 8.53. The Bertz CT molecular complexity index is 1080. The van der Waals surface area contributed by atoms with Crippen molar-refractivity contribution in [3.05, 3.63) is 66.0 Å². The zero-order chi connectivity index (χ0) is 19.3. The Morgan fingerprint density at radius 1 is 1.07 bits per heavy atom. The number of anilines is 3. The predicted octanol–water partition coefficient (Wildman–Crippen LogP) is 3.12. The first-order chi connectivity index (χ1) is 13.7. The molecule has 8 nitrogen and oxygen atoms in total. The molecule has 0 radical (unpaired) electrons. The van der Waals surface area contributed by atoms with Crippen molar-refractivity contribution in [1.82, 2.24) is 9.97 Å². The van der Waals surface area contributed by atoms with Crippen molar-refractivity contribution in [2.45, 2.75) is 0 Å². The Kier molecular flexibility index (Phi) is 4.72. The van der Waals surface area contributed by atoms with E-state index in [4.69, 9.17) is 9.47 Å². The number of carbonyl (C=O) groups excluding carboxylic acids is 1. The van der Waals surface area contributed by atoms with Crippen LogP contribution in [0.2, 0.25) is 0 Å². The van der Waals surface area contributed by atoms with E-state index in [0.717, 1.165) is 0 Å². The van der Waals surface area contributed by atoms with Gasteiger partial charge in [0.2, 0.25) is 5.95 Å². The number of para-hydroxylation sites is 1. The lowest BCUT2D eigenvalue weighted by Crippen LogP contribution is -2.17. The molecule has 138 valence electrons. The summed E-state index contributed by atoms with van der Waals surface area (Å²) in [6.07, 6.45) is 1.48. The Labute approximate surface area is 160 Å². The second kappa shape index (κ2) is 7.63. The fourth-order valence-electron chi connectivity index (χ4n) is 2.67. The molecule has 3 aromatic rings. The molecule has 0 saturated carbocycles. The van der Waals surface area contributed by atoms with Gasteiger partial charge in [-0.25, -0.2) is 9.97 Å². The number of carbonyl (C=O) groups is 1. The highest BCUT2D eigenvalue weighted by Crippen LogP contribution is 2.32. The molecule has 0 atom stereocenters. The van der Waals surface area contributed by atoms with Gasteiger partial charge in [-0.15, -0.1) is 0 Å². The molecule has 2 N–H and O–H groups in total. The fraction of sp³-hybridized carbons (Fsp3) is 0.100. The summed E-state index contributed by atoms with van der Waals surface area (Å²) >= 11 is 0. The van der Waals surface area contributed by atoms with Crippen molar-refractivity contribution >= 4 is 23.2 Å². The number of nitriles is 1. The van der Waals surface area contributed by atoms with E-state index in [2.05, 4.69) is 26.7 Å². The molecule has 28 heavy (non-hydrogen) atoms.